The number of hydrogen-bond donors (Lipinski definition) is 2. The number of aliphatic hydroxyl groups excluding tert-OH is 2. The van der Waals surface area contributed by atoms with Gasteiger partial charge in [-0.05, 0) is 49.4 Å². The van der Waals surface area contributed by atoms with E-state index in [2.05, 4.69) is 0 Å². The minimum atomic E-state index is 0.0662. The van der Waals surface area contributed by atoms with Crippen LogP contribution in [0.25, 0.3) is 0 Å². The van der Waals surface area contributed by atoms with Crippen molar-refractivity contribution in [2.45, 2.75) is 57.8 Å². The third-order valence-electron chi connectivity index (χ3n) is 6.55. The molecule has 0 radical (unpaired) electrons. The van der Waals surface area contributed by atoms with Gasteiger partial charge in [0.05, 0.1) is 0 Å². The fraction of sp³-hybridized carbons (Fsp3) is 1.00. The zero-order chi connectivity index (χ0) is 12.6. The lowest BCUT2D eigenvalue weighted by atomic mass is 9.54. The maximum atomic E-state index is 10.1. The Morgan fingerprint density at radius 2 is 1.78 bits per heavy atom. The summed E-state index contributed by atoms with van der Waals surface area (Å²) >= 11 is 0. The molecule has 0 aromatic rings. The van der Waals surface area contributed by atoms with Crippen molar-refractivity contribution in [1.82, 2.24) is 0 Å². The molecule has 0 spiro atoms. The Bertz CT molecular complexity index is 291. The summed E-state index contributed by atoms with van der Waals surface area (Å²) in [7, 11) is 0. The van der Waals surface area contributed by atoms with Gasteiger partial charge in [-0.2, -0.15) is 0 Å². The number of aliphatic hydroxyl groups is 2. The summed E-state index contributed by atoms with van der Waals surface area (Å²) in [5.41, 5.74) is 0.0662. The summed E-state index contributed by atoms with van der Waals surface area (Å²) in [6.45, 7) is 0.598. The van der Waals surface area contributed by atoms with Crippen molar-refractivity contribution >= 4 is 0 Å². The molecular weight excluding hydrogens is 224 g/mol. The maximum absolute atomic E-state index is 10.1. The largest absolute Gasteiger partial charge is 0.396 e. The van der Waals surface area contributed by atoms with Crippen molar-refractivity contribution in [3.05, 3.63) is 0 Å². The molecule has 0 amide bonds. The van der Waals surface area contributed by atoms with E-state index in [9.17, 15) is 10.2 Å². The summed E-state index contributed by atoms with van der Waals surface area (Å²) in [6.07, 6.45) is 11.8. The fourth-order valence-corrected chi connectivity index (χ4v) is 5.56. The highest BCUT2D eigenvalue weighted by Crippen LogP contribution is 2.58. The first kappa shape index (κ1) is 12.9. The first-order valence-corrected chi connectivity index (χ1v) is 8.02. The van der Waals surface area contributed by atoms with Crippen molar-refractivity contribution in [2.75, 3.05) is 13.2 Å². The molecular formula is C16H28O2. The van der Waals surface area contributed by atoms with E-state index in [-0.39, 0.29) is 12.0 Å². The van der Waals surface area contributed by atoms with Crippen LogP contribution < -0.4 is 0 Å². The van der Waals surface area contributed by atoms with Gasteiger partial charge in [0.15, 0.2) is 0 Å². The predicted octanol–water partition coefficient (Wildman–Crippen LogP) is 2.97. The quantitative estimate of drug-likeness (QED) is 0.793. The highest BCUT2D eigenvalue weighted by atomic mass is 16.3. The van der Waals surface area contributed by atoms with E-state index >= 15 is 0 Å². The molecule has 5 atom stereocenters. The average molecular weight is 252 g/mol. The maximum Gasteiger partial charge on any atom is 0.0493 e. The van der Waals surface area contributed by atoms with Crippen LogP contribution in [-0.4, -0.2) is 23.4 Å². The van der Waals surface area contributed by atoms with E-state index in [1.165, 1.54) is 44.9 Å². The monoisotopic (exact) mass is 252 g/mol. The van der Waals surface area contributed by atoms with E-state index in [0.29, 0.717) is 18.4 Å². The van der Waals surface area contributed by atoms with Gasteiger partial charge < -0.3 is 10.2 Å². The SMILES string of the molecule is OCC1CCC2CCCC3CCCC1(CO)C2C3. The molecule has 2 heteroatoms. The van der Waals surface area contributed by atoms with Gasteiger partial charge >= 0.3 is 0 Å². The lowest BCUT2D eigenvalue weighted by Crippen LogP contribution is -2.49. The van der Waals surface area contributed by atoms with Crippen LogP contribution in [0.3, 0.4) is 0 Å². The zero-order valence-electron chi connectivity index (χ0n) is 11.5. The van der Waals surface area contributed by atoms with Gasteiger partial charge in [0, 0.05) is 18.6 Å². The summed E-state index contributed by atoms with van der Waals surface area (Å²) < 4.78 is 0. The number of hydrogen-bond acceptors (Lipinski definition) is 2. The molecule has 3 fully saturated rings. The third kappa shape index (κ3) is 1.92. The number of fused-ring (bicyclic) bond motifs is 1. The molecule has 0 aliphatic heterocycles. The van der Waals surface area contributed by atoms with Gasteiger partial charge in [-0.25, -0.2) is 0 Å². The second kappa shape index (κ2) is 5.13. The molecule has 0 saturated heterocycles. The van der Waals surface area contributed by atoms with Crippen LogP contribution >= 0.6 is 0 Å². The van der Waals surface area contributed by atoms with Crippen LogP contribution in [-0.2, 0) is 0 Å². The minimum Gasteiger partial charge on any atom is -0.396 e. The predicted molar refractivity (Wildman–Crippen MR) is 72.1 cm³/mol. The van der Waals surface area contributed by atoms with E-state index in [1.807, 2.05) is 0 Å². The molecule has 104 valence electrons. The fourth-order valence-electron chi connectivity index (χ4n) is 5.56. The third-order valence-corrected chi connectivity index (χ3v) is 6.55. The van der Waals surface area contributed by atoms with Gasteiger partial charge in [0.1, 0.15) is 0 Å². The summed E-state index contributed by atoms with van der Waals surface area (Å²) in [5.74, 6) is 2.80. The lowest BCUT2D eigenvalue weighted by molar-refractivity contribution is -0.0836. The molecule has 2 N–H and O–H groups in total. The zero-order valence-corrected chi connectivity index (χ0v) is 11.5. The van der Waals surface area contributed by atoms with Crippen LogP contribution in [0, 0.1) is 29.1 Å². The van der Waals surface area contributed by atoms with E-state index in [0.717, 1.165) is 24.7 Å². The van der Waals surface area contributed by atoms with Crippen LogP contribution in [0.15, 0.2) is 0 Å². The molecule has 0 aromatic carbocycles. The molecule has 3 aliphatic rings. The van der Waals surface area contributed by atoms with Crippen molar-refractivity contribution in [3.63, 3.8) is 0 Å². The summed E-state index contributed by atoms with van der Waals surface area (Å²) in [6, 6.07) is 0. The van der Waals surface area contributed by atoms with Crippen LogP contribution in [0.4, 0.5) is 0 Å². The van der Waals surface area contributed by atoms with Gasteiger partial charge in [-0.3, -0.25) is 0 Å². The second-order valence-corrected chi connectivity index (χ2v) is 7.14. The Hall–Kier alpha value is -0.0800. The molecule has 18 heavy (non-hydrogen) atoms. The van der Waals surface area contributed by atoms with Crippen molar-refractivity contribution < 1.29 is 10.2 Å². The molecule has 2 bridgehead atoms. The summed E-state index contributed by atoms with van der Waals surface area (Å²) in [4.78, 5) is 0. The average Bonchev–Trinajstić information content (AvgIpc) is 2.71. The van der Waals surface area contributed by atoms with Crippen LogP contribution in [0.2, 0.25) is 0 Å². The van der Waals surface area contributed by atoms with Gasteiger partial charge in [0.25, 0.3) is 0 Å². The topological polar surface area (TPSA) is 40.5 Å². The van der Waals surface area contributed by atoms with E-state index in [1.54, 1.807) is 0 Å². The first-order chi connectivity index (χ1) is 8.80. The minimum absolute atomic E-state index is 0.0662. The van der Waals surface area contributed by atoms with Gasteiger partial charge in [-0.1, -0.05) is 32.1 Å². The Balaban J connectivity index is 1.95. The Kier molecular flexibility index (Phi) is 3.68. The molecule has 0 heterocycles. The molecule has 3 saturated carbocycles. The summed E-state index contributed by atoms with van der Waals surface area (Å²) in [5, 5.41) is 19.9. The van der Waals surface area contributed by atoms with E-state index in [4.69, 9.17) is 0 Å². The van der Waals surface area contributed by atoms with Crippen molar-refractivity contribution in [3.8, 4) is 0 Å². The normalized spacial score (nSPS) is 48.3. The smallest absolute Gasteiger partial charge is 0.0493 e. The van der Waals surface area contributed by atoms with Gasteiger partial charge in [-0.15, -0.1) is 0 Å². The first-order valence-electron chi connectivity index (χ1n) is 8.02. The van der Waals surface area contributed by atoms with E-state index < -0.39 is 0 Å². The Morgan fingerprint density at radius 1 is 0.944 bits per heavy atom. The Labute approximate surface area is 111 Å². The van der Waals surface area contributed by atoms with Crippen LogP contribution in [0.5, 0.6) is 0 Å². The van der Waals surface area contributed by atoms with Crippen molar-refractivity contribution in [1.29, 1.82) is 0 Å². The molecule has 3 aliphatic carbocycles. The highest BCUT2D eigenvalue weighted by Gasteiger charge is 2.52. The second-order valence-electron chi connectivity index (χ2n) is 7.14. The lowest BCUT2D eigenvalue weighted by Gasteiger charge is -2.51. The molecule has 5 unspecified atom stereocenters. The molecule has 0 aromatic heterocycles. The standard InChI is InChI=1S/C16H28O2/c17-10-14-7-6-13-5-1-3-12-4-2-8-16(14,11-18)15(13)9-12/h12-15,17-18H,1-11H2. The molecule has 3 rings (SSSR count). The number of rotatable bonds is 2. The van der Waals surface area contributed by atoms with Gasteiger partial charge in [0.2, 0.25) is 0 Å². The van der Waals surface area contributed by atoms with Crippen LogP contribution in [0.1, 0.15) is 57.8 Å². The highest BCUT2D eigenvalue weighted by molar-refractivity contribution is 5.01. The van der Waals surface area contributed by atoms with Crippen molar-refractivity contribution in [2.24, 2.45) is 29.1 Å². The molecule has 2 nitrogen and oxygen atoms in total. The Morgan fingerprint density at radius 3 is 2.56 bits per heavy atom.